The van der Waals surface area contributed by atoms with Gasteiger partial charge in [0.25, 0.3) is 5.91 Å². The van der Waals surface area contributed by atoms with Gasteiger partial charge in [0.05, 0.1) is 11.3 Å². The van der Waals surface area contributed by atoms with E-state index in [1.165, 1.54) is 0 Å². The second-order valence-electron chi connectivity index (χ2n) is 5.33. The van der Waals surface area contributed by atoms with Crippen molar-refractivity contribution in [2.45, 2.75) is 25.8 Å². The summed E-state index contributed by atoms with van der Waals surface area (Å²) in [5, 5.41) is 5.26. The van der Waals surface area contributed by atoms with E-state index in [4.69, 9.17) is 5.73 Å². The molecule has 20 heavy (non-hydrogen) atoms. The summed E-state index contributed by atoms with van der Waals surface area (Å²) >= 11 is 0. The molecule has 3 heterocycles. The van der Waals surface area contributed by atoms with Crippen LogP contribution in [0.2, 0.25) is 0 Å². The molecule has 2 aromatic rings. The predicted molar refractivity (Wildman–Crippen MR) is 76.4 cm³/mol. The highest BCUT2D eigenvalue weighted by Gasteiger charge is 2.28. The monoisotopic (exact) mass is 273 g/mol. The summed E-state index contributed by atoms with van der Waals surface area (Å²) in [4.78, 5) is 18.8. The zero-order chi connectivity index (χ0) is 14.3. The number of nitrogens with zero attached hydrogens (tertiary/aromatic N) is 4. The van der Waals surface area contributed by atoms with Gasteiger partial charge in [0.1, 0.15) is 0 Å². The van der Waals surface area contributed by atoms with Gasteiger partial charge >= 0.3 is 0 Å². The number of hydrogen-bond acceptors (Lipinski definition) is 4. The summed E-state index contributed by atoms with van der Waals surface area (Å²) in [5.41, 5.74) is 8.05. The first-order valence-corrected chi connectivity index (χ1v) is 6.92. The molecule has 3 rings (SSSR count). The topological polar surface area (TPSA) is 77.0 Å². The van der Waals surface area contributed by atoms with Crippen LogP contribution < -0.4 is 5.73 Å². The van der Waals surface area contributed by atoms with E-state index in [-0.39, 0.29) is 11.9 Å². The number of fused-ring (bicyclic) bond motifs is 1. The Bertz CT molecular complexity index is 663. The summed E-state index contributed by atoms with van der Waals surface area (Å²) in [6.45, 7) is 3.23. The number of aromatic nitrogens is 3. The van der Waals surface area contributed by atoms with Crippen LogP contribution in [-0.4, -0.2) is 44.7 Å². The van der Waals surface area contributed by atoms with Gasteiger partial charge in [-0.15, -0.1) is 0 Å². The number of hydrogen-bond donors (Lipinski definition) is 1. The molecule has 106 valence electrons. The van der Waals surface area contributed by atoms with Crippen molar-refractivity contribution in [2.75, 3.05) is 13.1 Å². The summed E-state index contributed by atoms with van der Waals surface area (Å²) in [7, 11) is 1.86. The normalized spacial score (nSPS) is 18.9. The minimum absolute atomic E-state index is 0.0237. The van der Waals surface area contributed by atoms with Crippen molar-refractivity contribution in [3.8, 4) is 0 Å². The first kappa shape index (κ1) is 13.1. The molecular weight excluding hydrogens is 254 g/mol. The molecule has 1 aliphatic rings. The predicted octanol–water partition coefficient (Wildman–Crippen LogP) is 0.840. The van der Waals surface area contributed by atoms with Crippen molar-refractivity contribution in [3.63, 3.8) is 0 Å². The summed E-state index contributed by atoms with van der Waals surface area (Å²) in [6.07, 6.45) is 3.65. The Labute approximate surface area is 117 Å². The fourth-order valence-electron chi connectivity index (χ4n) is 2.94. The standard InChI is InChI=1S/C14H19N5O/c1-9-12-6-10(8-16-13(12)18(2)17-9)14(20)19-5-3-4-11(19)7-15/h6,8,11H,3-5,7,15H2,1-2H3. The molecular formula is C14H19N5O. The number of aryl methyl sites for hydroxylation is 2. The SMILES string of the molecule is Cc1nn(C)c2ncc(C(=O)N3CCCC3CN)cc12. The van der Waals surface area contributed by atoms with Gasteiger partial charge in [-0.3, -0.25) is 9.48 Å². The van der Waals surface area contributed by atoms with Crippen LogP contribution in [0.3, 0.4) is 0 Å². The second-order valence-corrected chi connectivity index (χ2v) is 5.33. The summed E-state index contributed by atoms with van der Waals surface area (Å²) < 4.78 is 1.73. The lowest BCUT2D eigenvalue weighted by Gasteiger charge is -2.23. The van der Waals surface area contributed by atoms with Gasteiger partial charge < -0.3 is 10.6 Å². The Morgan fingerprint density at radius 3 is 3.10 bits per heavy atom. The Hall–Kier alpha value is -1.95. The quantitative estimate of drug-likeness (QED) is 0.879. The minimum Gasteiger partial charge on any atom is -0.334 e. The van der Waals surface area contributed by atoms with Crippen LogP contribution in [0.1, 0.15) is 28.9 Å². The van der Waals surface area contributed by atoms with E-state index in [2.05, 4.69) is 10.1 Å². The van der Waals surface area contributed by atoms with E-state index in [9.17, 15) is 4.79 Å². The lowest BCUT2D eigenvalue weighted by atomic mass is 10.1. The highest BCUT2D eigenvalue weighted by molar-refractivity contribution is 5.97. The number of nitrogens with two attached hydrogens (primary N) is 1. The molecule has 0 aliphatic carbocycles. The van der Waals surface area contributed by atoms with E-state index < -0.39 is 0 Å². The van der Waals surface area contributed by atoms with Crippen LogP contribution in [0.25, 0.3) is 11.0 Å². The number of pyridine rings is 1. The Balaban J connectivity index is 1.97. The maximum Gasteiger partial charge on any atom is 0.255 e. The van der Waals surface area contributed by atoms with Gasteiger partial charge in [-0.05, 0) is 25.8 Å². The van der Waals surface area contributed by atoms with Gasteiger partial charge in [-0.2, -0.15) is 5.10 Å². The summed E-state index contributed by atoms with van der Waals surface area (Å²) in [6, 6.07) is 2.05. The minimum atomic E-state index is 0.0237. The third kappa shape index (κ3) is 1.96. The van der Waals surface area contributed by atoms with Gasteiger partial charge in [0.2, 0.25) is 0 Å². The molecule has 2 N–H and O–H groups in total. The molecule has 1 saturated heterocycles. The highest BCUT2D eigenvalue weighted by Crippen LogP contribution is 2.22. The average Bonchev–Trinajstić information content (AvgIpc) is 3.03. The van der Waals surface area contributed by atoms with Gasteiger partial charge in [0.15, 0.2) is 5.65 Å². The number of amides is 1. The molecule has 1 amide bonds. The zero-order valence-corrected chi connectivity index (χ0v) is 11.8. The number of carbonyl (C=O) groups excluding carboxylic acids is 1. The fourth-order valence-corrected chi connectivity index (χ4v) is 2.94. The molecule has 1 unspecified atom stereocenters. The highest BCUT2D eigenvalue weighted by atomic mass is 16.2. The van der Waals surface area contributed by atoms with Gasteiger partial charge in [-0.25, -0.2) is 4.98 Å². The largest absolute Gasteiger partial charge is 0.334 e. The van der Waals surface area contributed by atoms with Crippen molar-refractivity contribution in [1.29, 1.82) is 0 Å². The van der Waals surface area contributed by atoms with Crippen LogP contribution in [0, 0.1) is 6.92 Å². The first-order valence-electron chi connectivity index (χ1n) is 6.92. The zero-order valence-electron chi connectivity index (χ0n) is 11.8. The van der Waals surface area contributed by atoms with E-state index >= 15 is 0 Å². The summed E-state index contributed by atoms with van der Waals surface area (Å²) in [5.74, 6) is 0.0237. The molecule has 1 atom stereocenters. The third-order valence-corrected chi connectivity index (χ3v) is 4.02. The molecule has 0 aromatic carbocycles. The third-order valence-electron chi connectivity index (χ3n) is 4.02. The van der Waals surface area contributed by atoms with E-state index in [1.807, 2.05) is 24.9 Å². The van der Waals surface area contributed by atoms with Crippen LogP contribution in [-0.2, 0) is 7.05 Å². The fraction of sp³-hybridized carbons (Fsp3) is 0.500. The van der Waals surface area contributed by atoms with Gasteiger partial charge in [-0.1, -0.05) is 0 Å². The Kier molecular flexibility index (Phi) is 3.17. The van der Waals surface area contributed by atoms with Crippen LogP contribution in [0.4, 0.5) is 0 Å². The number of likely N-dealkylation sites (tertiary alicyclic amines) is 1. The molecule has 0 bridgehead atoms. The van der Waals surface area contributed by atoms with Crippen molar-refractivity contribution in [3.05, 3.63) is 23.5 Å². The lowest BCUT2D eigenvalue weighted by Crippen LogP contribution is -2.39. The smallest absolute Gasteiger partial charge is 0.255 e. The Morgan fingerprint density at radius 2 is 2.35 bits per heavy atom. The van der Waals surface area contributed by atoms with Crippen molar-refractivity contribution in [2.24, 2.45) is 12.8 Å². The van der Waals surface area contributed by atoms with Crippen LogP contribution >= 0.6 is 0 Å². The molecule has 0 spiro atoms. The van der Waals surface area contributed by atoms with Crippen LogP contribution in [0.5, 0.6) is 0 Å². The maximum absolute atomic E-state index is 12.6. The molecule has 6 heteroatoms. The van der Waals surface area contributed by atoms with Crippen molar-refractivity contribution in [1.82, 2.24) is 19.7 Å². The second kappa shape index (κ2) is 4.86. The van der Waals surface area contributed by atoms with Crippen molar-refractivity contribution >= 4 is 16.9 Å². The molecule has 6 nitrogen and oxygen atoms in total. The molecule has 1 fully saturated rings. The molecule has 2 aromatic heterocycles. The first-order chi connectivity index (χ1) is 9.61. The number of carbonyl (C=O) groups is 1. The van der Waals surface area contributed by atoms with E-state index in [0.717, 1.165) is 36.1 Å². The number of rotatable bonds is 2. The van der Waals surface area contributed by atoms with E-state index in [0.29, 0.717) is 12.1 Å². The Morgan fingerprint density at radius 1 is 1.55 bits per heavy atom. The van der Waals surface area contributed by atoms with Crippen molar-refractivity contribution < 1.29 is 4.79 Å². The maximum atomic E-state index is 12.6. The van der Waals surface area contributed by atoms with E-state index in [1.54, 1.807) is 10.9 Å². The molecule has 1 aliphatic heterocycles. The van der Waals surface area contributed by atoms with Crippen LogP contribution in [0.15, 0.2) is 12.3 Å². The van der Waals surface area contributed by atoms with Gasteiger partial charge in [0, 0.05) is 37.8 Å². The molecule has 0 saturated carbocycles. The average molecular weight is 273 g/mol. The molecule has 0 radical (unpaired) electrons. The lowest BCUT2D eigenvalue weighted by molar-refractivity contribution is 0.0741.